The number of fused-ring (bicyclic) bond motifs is 1. The first kappa shape index (κ1) is 23.3. The number of aromatic nitrogens is 3. The Morgan fingerprint density at radius 3 is 2.62 bits per heavy atom. The Labute approximate surface area is 202 Å². The van der Waals surface area contributed by atoms with Gasteiger partial charge in [-0.1, -0.05) is 35.3 Å². The summed E-state index contributed by atoms with van der Waals surface area (Å²) in [4.78, 5) is 45.3. The van der Waals surface area contributed by atoms with Crippen molar-refractivity contribution < 1.29 is 14.3 Å². The molecule has 2 heterocycles. The van der Waals surface area contributed by atoms with Crippen LogP contribution in [-0.4, -0.2) is 34.7 Å². The molecule has 4 aromatic rings. The fraction of sp³-hybridized carbons (Fsp3) is 0.130. The van der Waals surface area contributed by atoms with Crippen LogP contribution in [0.15, 0.2) is 58.1 Å². The fourth-order valence-corrected chi connectivity index (χ4v) is 3.76. The second-order valence-electron chi connectivity index (χ2n) is 7.11. The largest absolute Gasteiger partial charge is 0.491 e. The third kappa shape index (κ3) is 4.35. The van der Waals surface area contributed by atoms with Gasteiger partial charge in [0.1, 0.15) is 5.82 Å². The number of ether oxygens (including phenoxy) is 2. The predicted octanol–water partition coefficient (Wildman–Crippen LogP) is 3.33. The van der Waals surface area contributed by atoms with Crippen LogP contribution in [0.1, 0.15) is 15.9 Å². The van der Waals surface area contributed by atoms with Crippen molar-refractivity contribution in [2.75, 3.05) is 14.2 Å². The molecule has 0 spiro atoms. The average Bonchev–Trinajstić information content (AvgIpc) is 2.84. The van der Waals surface area contributed by atoms with Gasteiger partial charge in [-0.2, -0.15) is 4.98 Å². The number of carbonyl (C=O) groups is 1. The van der Waals surface area contributed by atoms with Gasteiger partial charge in [0.2, 0.25) is 0 Å². The number of benzene rings is 2. The topological polar surface area (TPSA) is 115 Å². The molecule has 34 heavy (non-hydrogen) atoms. The minimum Gasteiger partial charge on any atom is -0.491 e. The molecule has 0 fully saturated rings. The van der Waals surface area contributed by atoms with E-state index in [1.54, 1.807) is 18.2 Å². The zero-order chi connectivity index (χ0) is 24.4. The molecule has 11 heteroatoms. The highest BCUT2D eigenvalue weighted by Crippen LogP contribution is 2.26. The number of aromatic amines is 1. The molecule has 9 nitrogen and oxygen atoms in total. The molecule has 0 aliphatic carbocycles. The maximum Gasteiger partial charge on any atom is 0.334 e. The second-order valence-corrected chi connectivity index (χ2v) is 7.89. The number of rotatable bonds is 6. The third-order valence-corrected chi connectivity index (χ3v) is 5.94. The lowest BCUT2D eigenvalue weighted by molar-refractivity contribution is 0.0951. The first-order chi connectivity index (χ1) is 16.3. The van der Waals surface area contributed by atoms with Crippen molar-refractivity contribution in [1.29, 1.82) is 0 Å². The van der Waals surface area contributed by atoms with E-state index in [1.807, 2.05) is 0 Å². The number of methoxy groups -OCH3 is 2. The fourth-order valence-electron chi connectivity index (χ4n) is 3.37. The van der Waals surface area contributed by atoms with Crippen LogP contribution in [0.5, 0.6) is 11.6 Å². The standard InChI is InChI=1S/C23H18Cl2N4O5/c1-33-17-8-9-18(28-21(17)34-2)29-22(31)14-7-6-12(10-16(14)27-23(29)32)20(30)26-11-13-4-3-5-15(24)19(13)25/h3-10H,11H2,1-2H3,(H,26,30)(H,27,32). The van der Waals surface area contributed by atoms with Gasteiger partial charge in [0.15, 0.2) is 5.75 Å². The molecule has 2 aromatic heterocycles. The first-order valence-corrected chi connectivity index (χ1v) is 10.7. The molecular weight excluding hydrogens is 483 g/mol. The Morgan fingerprint density at radius 1 is 1.09 bits per heavy atom. The van der Waals surface area contributed by atoms with Crippen LogP contribution in [0.3, 0.4) is 0 Å². The minimum absolute atomic E-state index is 0.0611. The lowest BCUT2D eigenvalue weighted by atomic mass is 10.1. The van der Waals surface area contributed by atoms with E-state index in [9.17, 15) is 14.4 Å². The van der Waals surface area contributed by atoms with Gasteiger partial charge in [-0.3, -0.25) is 9.59 Å². The van der Waals surface area contributed by atoms with Crippen LogP contribution in [-0.2, 0) is 6.54 Å². The van der Waals surface area contributed by atoms with E-state index in [2.05, 4.69) is 15.3 Å². The van der Waals surface area contributed by atoms with Gasteiger partial charge < -0.3 is 19.8 Å². The van der Waals surface area contributed by atoms with Gasteiger partial charge in [-0.05, 0) is 42.0 Å². The summed E-state index contributed by atoms with van der Waals surface area (Å²) in [5.41, 5.74) is -0.207. The second kappa shape index (κ2) is 9.58. The highest BCUT2D eigenvalue weighted by Gasteiger charge is 2.16. The molecule has 0 saturated heterocycles. The van der Waals surface area contributed by atoms with Crippen molar-refractivity contribution in [2.45, 2.75) is 6.54 Å². The van der Waals surface area contributed by atoms with Crippen LogP contribution >= 0.6 is 23.2 Å². The Hall–Kier alpha value is -3.82. The average molecular weight is 501 g/mol. The number of pyridine rings is 1. The molecule has 0 aliphatic heterocycles. The molecule has 1 amide bonds. The van der Waals surface area contributed by atoms with Crippen molar-refractivity contribution in [3.63, 3.8) is 0 Å². The number of nitrogens with one attached hydrogen (secondary N) is 2. The van der Waals surface area contributed by atoms with Gasteiger partial charge in [-0.15, -0.1) is 0 Å². The molecule has 0 atom stereocenters. The van der Waals surface area contributed by atoms with E-state index >= 15 is 0 Å². The highest BCUT2D eigenvalue weighted by molar-refractivity contribution is 6.42. The van der Waals surface area contributed by atoms with E-state index < -0.39 is 17.2 Å². The van der Waals surface area contributed by atoms with E-state index in [-0.39, 0.29) is 34.7 Å². The zero-order valence-corrected chi connectivity index (χ0v) is 19.5. The number of hydrogen-bond acceptors (Lipinski definition) is 6. The lowest BCUT2D eigenvalue weighted by Crippen LogP contribution is -2.34. The summed E-state index contributed by atoms with van der Waals surface area (Å²) in [5, 5.41) is 3.69. The molecule has 0 unspecified atom stereocenters. The lowest BCUT2D eigenvalue weighted by Gasteiger charge is -2.11. The van der Waals surface area contributed by atoms with Gasteiger partial charge in [0.25, 0.3) is 17.3 Å². The SMILES string of the molecule is COc1ccc(-n2c(=O)[nH]c3cc(C(=O)NCc4cccc(Cl)c4Cl)ccc3c2=O)nc1OC. The minimum atomic E-state index is -0.722. The van der Waals surface area contributed by atoms with Crippen molar-refractivity contribution in [2.24, 2.45) is 0 Å². The Morgan fingerprint density at radius 2 is 1.88 bits per heavy atom. The molecule has 0 bridgehead atoms. The van der Waals surface area contributed by atoms with E-state index in [1.165, 1.54) is 44.6 Å². The summed E-state index contributed by atoms with van der Waals surface area (Å²) >= 11 is 12.2. The summed E-state index contributed by atoms with van der Waals surface area (Å²) in [7, 11) is 2.85. The Bertz CT molecular complexity index is 1530. The molecule has 0 radical (unpaired) electrons. The summed E-state index contributed by atoms with van der Waals surface area (Å²) < 4.78 is 11.2. The molecule has 0 saturated carbocycles. The number of hydrogen-bond donors (Lipinski definition) is 2. The zero-order valence-electron chi connectivity index (χ0n) is 18.0. The summed E-state index contributed by atoms with van der Waals surface area (Å²) in [6, 6.07) is 12.5. The Kier molecular flexibility index (Phi) is 6.58. The number of carbonyl (C=O) groups excluding carboxylic acids is 1. The van der Waals surface area contributed by atoms with Crippen molar-refractivity contribution in [1.82, 2.24) is 19.9 Å². The predicted molar refractivity (Wildman–Crippen MR) is 129 cm³/mol. The monoisotopic (exact) mass is 500 g/mol. The van der Waals surface area contributed by atoms with E-state index in [4.69, 9.17) is 32.7 Å². The van der Waals surface area contributed by atoms with Crippen LogP contribution in [0.25, 0.3) is 16.7 Å². The molecule has 4 rings (SSSR count). The first-order valence-electron chi connectivity index (χ1n) is 9.93. The number of nitrogens with zero attached hydrogens (tertiary/aromatic N) is 2. The van der Waals surface area contributed by atoms with Crippen molar-refractivity contribution >= 4 is 40.0 Å². The summed E-state index contributed by atoms with van der Waals surface area (Å²) in [6.45, 7) is 0.152. The molecule has 174 valence electrons. The van der Waals surface area contributed by atoms with Crippen LogP contribution in [0.2, 0.25) is 10.0 Å². The molecular formula is C23H18Cl2N4O5. The maximum absolute atomic E-state index is 13.1. The molecule has 0 aliphatic rings. The highest BCUT2D eigenvalue weighted by atomic mass is 35.5. The van der Waals surface area contributed by atoms with Crippen LogP contribution < -0.4 is 26.0 Å². The Balaban J connectivity index is 1.67. The smallest absolute Gasteiger partial charge is 0.334 e. The van der Waals surface area contributed by atoms with Gasteiger partial charge >= 0.3 is 5.69 Å². The van der Waals surface area contributed by atoms with Crippen molar-refractivity contribution in [3.05, 3.63) is 90.5 Å². The quantitative estimate of drug-likeness (QED) is 0.419. The van der Waals surface area contributed by atoms with Gasteiger partial charge in [0.05, 0.1) is 35.2 Å². The number of amides is 1. The van der Waals surface area contributed by atoms with Gasteiger partial charge in [-0.25, -0.2) is 9.36 Å². The third-order valence-electron chi connectivity index (χ3n) is 5.08. The van der Waals surface area contributed by atoms with Crippen molar-refractivity contribution in [3.8, 4) is 17.4 Å². The van der Waals surface area contributed by atoms with Crippen LogP contribution in [0.4, 0.5) is 0 Å². The molecule has 2 N–H and O–H groups in total. The summed E-state index contributed by atoms with van der Waals surface area (Å²) in [6.07, 6.45) is 0. The van der Waals surface area contributed by atoms with Gasteiger partial charge in [0, 0.05) is 12.1 Å². The maximum atomic E-state index is 13.1. The van der Waals surface area contributed by atoms with E-state index in [0.29, 0.717) is 21.4 Å². The number of halogens is 2. The van der Waals surface area contributed by atoms with E-state index in [0.717, 1.165) is 4.57 Å². The summed E-state index contributed by atoms with van der Waals surface area (Å²) in [5.74, 6) is 0.125. The number of H-pyrrole nitrogens is 1. The van der Waals surface area contributed by atoms with Crippen LogP contribution in [0, 0.1) is 0 Å². The molecule has 2 aromatic carbocycles. The normalized spacial score (nSPS) is 10.8.